The molecule has 0 aliphatic carbocycles. The van der Waals surface area contributed by atoms with Crippen molar-refractivity contribution in [2.75, 3.05) is 7.11 Å². The molecular formula is C33H23ClF9O2PS2. The number of rotatable bonds is 8. The molecule has 5 rings (SSSR count). The number of benzene rings is 5. The Morgan fingerprint density at radius 1 is 0.688 bits per heavy atom. The van der Waals surface area contributed by atoms with Crippen molar-refractivity contribution < 1.29 is 47.9 Å². The quantitative estimate of drug-likeness (QED) is 0.0684. The van der Waals surface area contributed by atoms with Crippen LogP contribution in [0.1, 0.15) is 16.7 Å². The summed E-state index contributed by atoms with van der Waals surface area (Å²) in [6, 6.07) is 33.6. The molecule has 0 aromatic heterocycles. The van der Waals surface area contributed by atoms with Crippen molar-refractivity contribution in [2.24, 2.45) is 0 Å². The number of hydrogen-bond acceptors (Lipinski definition) is 3. The summed E-state index contributed by atoms with van der Waals surface area (Å²) in [6.07, 6.45) is -4.37. The van der Waals surface area contributed by atoms with Crippen molar-refractivity contribution in [3.63, 3.8) is 0 Å². The average molecular weight is 753 g/mol. The third kappa shape index (κ3) is 11.8. The summed E-state index contributed by atoms with van der Waals surface area (Å²) in [5.74, 6) is 0.794. The first kappa shape index (κ1) is 37.2. The van der Waals surface area contributed by atoms with Crippen LogP contribution in [0.2, 0.25) is 5.02 Å². The van der Waals surface area contributed by atoms with E-state index in [4.69, 9.17) is 16.3 Å². The van der Waals surface area contributed by atoms with Crippen LogP contribution in [-0.4, -0.2) is 17.7 Å². The molecule has 0 saturated heterocycles. The molecule has 15 heteroatoms. The molecule has 0 unspecified atom stereocenters. The molecule has 48 heavy (non-hydrogen) atoms. The van der Waals surface area contributed by atoms with Gasteiger partial charge >= 0.3 is 44.9 Å². The standard InChI is InChI=1S/C33H22ClF3O2S2.F6P/c1-39-24-11-18-31(41-26-14-9-23(10-15-26)33(35,36)37)28(19-24)21-7-12-25(13-8-21)40-27-16-17-30(34)29(20-27)32(38)22-5-3-2-4-6-22;1-7(2,3,4,5)6/h2-20H,1H3;/q;-1/p+1. The van der Waals surface area contributed by atoms with Crippen LogP contribution in [0, 0.1) is 0 Å². The number of methoxy groups -OCH3 is 1. The Morgan fingerprint density at radius 3 is 1.79 bits per heavy atom. The Bertz CT molecular complexity index is 1890. The van der Waals surface area contributed by atoms with E-state index in [1.807, 2.05) is 84.9 Å². The zero-order valence-corrected chi connectivity index (χ0v) is 27.7. The molecule has 1 N–H and O–H groups in total. The second-order valence-corrected chi connectivity index (χ2v) is 14.5. The summed E-state index contributed by atoms with van der Waals surface area (Å²) in [7, 11) is -9.07. The van der Waals surface area contributed by atoms with E-state index in [1.165, 1.54) is 35.7 Å². The first-order valence-corrected chi connectivity index (χ1v) is 17.5. The van der Waals surface area contributed by atoms with Crippen LogP contribution in [0.3, 0.4) is 0 Å². The summed E-state index contributed by atoms with van der Waals surface area (Å²) < 4.78 is 104. The first-order chi connectivity index (χ1) is 22.2. The number of halogens is 10. The Balaban J connectivity index is 0.000000671. The van der Waals surface area contributed by atoms with Gasteiger partial charge in [0, 0.05) is 19.6 Å². The van der Waals surface area contributed by atoms with E-state index in [2.05, 4.69) is 0 Å². The second kappa shape index (κ2) is 13.7. The van der Waals surface area contributed by atoms with Gasteiger partial charge in [0.25, 0.3) is 0 Å². The molecule has 0 aliphatic rings. The van der Waals surface area contributed by atoms with Crippen LogP contribution in [0.5, 0.6) is 5.75 Å². The van der Waals surface area contributed by atoms with Gasteiger partial charge in [0.15, 0.2) is 0 Å². The molecule has 254 valence electrons. The van der Waals surface area contributed by atoms with Gasteiger partial charge in [-0.1, -0.05) is 65.5 Å². The molecule has 0 atom stereocenters. The fourth-order valence-electron chi connectivity index (χ4n) is 4.13. The minimum atomic E-state index is -10.7. The van der Waals surface area contributed by atoms with Crippen molar-refractivity contribution in [1.29, 1.82) is 0 Å². The summed E-state index contributed by atoms with van der Waals surface area (Å²) in [4.78, 5) is 14.3. The Kier molecular flexibility index (Phi) is 10.6. The number of alkyl halides is 3. The van der Waals surface area contributed by atoms with Gasteiger partial charge in [-0.25, -0.2) is 0 Å². The molecule has 0 saturated carbocycles. The molecular weight excluding hydrogens is 730 g/mol. The van der Waals surface area contributed by atoms with Gasteiger partial charge in [-0.15, -0.1) is 0 Å². The predicted molar refractivity (Wildman–Crippen MR) is 175 cm³/mol. The number of ketones is 1. The predicted octanol–water partition coefficient (Wildman–Crippen LogP) is 13.7. The Labute approximate surface area is 282 Å². The van der Waals surface area contributed by atoms with Crippen molar-refractivity contribution in [3.8, 4) is 16.9 Å². The van der Waals surface area contributed by atoms with Gasteiger partial charge in [-0.3, -0.25) is 4.79 Å². The van der Waals surface area contributed by atoms with Gasteiger partial charge < -0.3 is 4.74 Å². The molecule has 0 amide bonds. The molecule has 0 fully saturated rings. The molecule has 5 aromatic rings. The topological polar surface area (TPSA) is 30.6 Å². The van der Waals surface area contributed by atoms with E-state index in [1.54, 1.807) is 13.2 Å². The molecule has 0 heterocycles. The third-order valence-electron chi connectivity index (χ3n) is 6.24. The van der Waals surface area contributed by atoms with E-state index >= 15 is 0 Å². The van der Waals surface area contributed by atoms with Crippen LogP contribution in [0.15, 0.2) is 135 Å². The maximum atomic E-state index is 13.0. The molecule has 0 bridgehead atoms. The maximum absolute atomic E-state index is 13.0. The monoisotopic (exact) mass is 752 g/mol. The second-order valence-electron chi connectivity index (χ2n) is 9.93. The Hall–Kier alpha value is -3.64. The van der Waals surface area contributed by atoms with Gasteiger partial charge in [-0.2, -0.15) is 13.2 Å². The van der Waals surface area contributed by atoms with E-state index in [-0.39, 0.29) is 5.78 Å². The van der Waals surface area contributed by atoms with E-state index < -0.39 is 19.5 Å². The SMILES string of the molecule is COc1ccc(Sc2ccc(C(F)(F)F)cc2)c(-c2ccc(Sc3ccc(Cl)c(C(=[OH+])c4ccccc4)c3)cc2)c1.F[P-](F)(F)(F)(F)F. The van der Waals surface area contributed by atoms with Crippen molar-refractivity contribution in [2.45, 2.75) is 25.8 Å². The van der Waals surface area contributed by atoms with Gasteiger partial charge in [0.2, 0.25) is 0 Å². The third-order valence-corrected chi connectivity index (χ3v) is 8.65. The summed E-state index contributed by atoms with van der Waals surface area (Å²) >= 11 is 9.34. The van der Waals surface area contributed by atoms with Crippen LogP contribution in [-0.2, 0) is 6.18 Å². The van der Waals surface area contributed by atoms with Crippen molar-refractivity contribution in [3.05, 3.63) is 137 Å². The molecule has 0 radical (unpaired) electrons. The van der Waals surface area contributed by atoms with E-state index in [0.29, 0.717) is 26.8 Å². The van der Waals surface area contributed by atoms with Crippen molar-refractivity contribution >= 4 is 48.7 Å². The molecule has 2 nitrogen and oxygen atoms in total. The minimum absolute atomic E-state index is 0.115. The summed E-state index contributed by atoms with van der Waals surface area (Å²) in [6.45, 7) is 0. The summed E-state index contributed by atoms with van der Waals surface area (Å²) in [5, 5.41) is 0.460. The van der Waals surface area contributed by atoms with Crippen LogP contribution < -0.4 is 4.74 Å². The number of ether oxygens (including phenoxy) is 1. The zero-order valence-electron chi connectivity index (χ0n) is 24.4. The summed E-state index contributed by atoms with van der Waals surface area (Å²) in [5.41, 5.74) is 2.41. The number of hydrogen-bond donors (Lipinski definition) is 0. The van der Waals surface area contributed by atoms with Gasteiger partial charge in [0.05, 0.1) is 28.8 Å². The number of carbonyl (C=O) groups excluding carboxylic acids is 1. The van der Waals surface area contributed by atoms with Crippen LogP contribution >= 0.6 is 42.9 Å². The normalized spacial score (nSPS) is 13.1. The van der Waals surface area contributed by atoms with Crippen LogP contribution in [0.25, 0.3) is 11.1 Å². The fraction of sp³-hybridized carbons (Fsp3) is 0.0606. The molecule has 0 spiro atoms. The zero-order chi connectivity index (χ0) is 35.4. The van der Waals surface area contributed by atoms with Gasteiger partial charge in [0.1, 0.15) is 5.75 Å². The van der Waals surface area contributed by atoms with E-state index in [0.717, 1.165) is 37.9 Å². The Morgan fingerprint density at radius 2 is 1.23 bits per heavy atom. The van der Waals surface area contributed by atoms with E-state index in [9.17, 15) is 43.1 Å². The first-order valence-electron chi connectivity index (χ1n) is 13.5. The fourth-order valence-corrected chi connectivity index (χ4v) is 6.14. The average Bonchev–Trinajstić information content (AvgIpc) is 3.01. The molecule has 5 aromatic carbocycles. The van der Waals surface area contributed by atoms with Crippen molar-refractivity contribution in [1.82, 2.24) is 0 Å². The molecule has 0 aliphatic heterocycles. The van der Waals surface area contributed by atoms with Crippen LogP contribution in [0.4, 0.5) is 38.4 Å². The van der Waals surface area contributed by atoms with Gasteiger partial charge in [-0.05, 0) is 96.1 Å².